The smallest absolute Gasteiger partial charge is 0.209 e. The van der Waals surface area contributed by atoms with Gasteiger partial charge in [0.1, 0.15) is 18.5 Å². The van der Waals surface area contributed by atoms with Crippen LogP contribution in [0.5, 0.6) is 5.75 Å². The van der Waals surface area contributed by atoms with Crippen LogP contribution in [-0.2, 0) is 4.79 Å². The summed E-state index contributed by atoms with van der Waals surface area (Å²) in [6.07, 6.45) is 0.370. The molecular weight excluding hydrogens is 244 g/mol. The van der Waals surface area contributed by atoms with Gasteiger partial charge in [-0.15, -0.1) is 0 Å². The summed E-state index contributed by atoms with van der Waals surface area (Å²) in [6, 6.07) is 9.47. The average Bonchev–Trinajstić information content (AvgIpc) is 2.47. The van der Waals surface area contributed by atoms with Crippen molar-refractivity contribution in [2.75, 3.05) is 39.3 Å². The lowest BCUT2D eigenvalue weighted by Gasteiger charge is -2.33. The lowest BCUT2D eigenvalue weighted by atomic mass is 10.3. The second kappa shape index (κ2) is 7.11. The van der Waals surface area contributed by atoms with E-state index < -0.39 is 6.10 Å². The van der Waals surface area contributed by atoms with Crippen LogP contribution < -0.4 is 4.74 Å². The summed E-state index contributed by atoms with van der Waals surface area (Å²) in [5.74, 6) is 0.771. The van der Waals surface area contributed by atoms with E-state index in [1.807, 2.05) is 30.3 Å². The van der Waals surface area contributed by atoms with E-state index in [1.165, 1.54) is 0 Å². The molecule has 1 aliphatic heterocycles. The Balaban J connectivity index is 1.67. The maximum atomic E-state index is 10.6. The molecule has 1 fully saturated rings. The third-order valence-electron chi connectivity index (χ3n) is 3.21. The van der Waals surface area contributed by atoms with Gasteiger partial charge in [-0.25, -0.2) is 0 Å². The zero-order valence-electron chi connectivity index (χ0n) is 10.9. The monoisotopic (exact) mass is 264 g/mol. The van der Waals surface area contributed by atoms with Gasteiger partial charge >= 0.3 is 0 Å². The quantitative estimate of drug-likeness (QED) is 0.746. The van der Waals surface area contributed by atoms with Crippen LogP contribution in [0.15, 0.2) is 30.3 Å². The van der Waals surface area contributed by atoms with Crippen molar-refractivity contribution in [3.05, 3.63) is 30.3 Å². The van der Waals surface area contributed by atoms with Crippen LogP contribution in [0.2, 0.25) is 0 Å². The van der Waals surface area contributed by atoms with E-state index in [0.717, 1.165) is 38.3 Å². The summed E-state index contributed by atoms with van der Waals surface area (Å²) in [7, 11) is 0. The van der Waals surface area contributed by atoms with Gasteiger partial charge in [-0.1, -0.05) is 18.2 Å². The standard InChI is InChI=1S/C14H20N2O3/c17-12-16-8-6-15(7-9-16)10-13(18)11-19-14-4-2-1-3-5-14/h1-5,12-13,18H,6-11H2. The number of hydrogen-bond acceptors (Lipinski definition) is 4. The van der Waals surface area contributed by atoms with Crippen LogP contribution in [0, 0.1) is 0 Å². The molecule has 0 aliphatic carbocycles. The van der Waals surface area contributed by atoms with Crippen LogP contribution >= 0.6 is 0 Å². The van der Waals surface area contributed by atoms with Crippen molar-refractivity contribution in [2.45, 2.75) is 6.10 Å². The lowest BCUT2D eigenvalue weighted by molar-refractivity contribution is -0.119. The van der Waals surface area contributed by atoms with E-state index in [1.54, 1.807) is 4.90 Å². The Bertz CT molecular complexity index is 378. The molecule has 1 aliphatic rings. The van der Waals surface area contributed by atoms with Crippen LogP contribution in [-0.4, -0.2) is 66.8 Å². The number of carbonyl (C=O) groups is 1. The molecule has 0 bridgehead atoms. The van der Waals surface area contributed by atoms with Crippen molar-refractivity contribution >= 4 is 6.41 Å². The van der Waals surface area contributed by atoms with Crippen molar-refractivity contribution in [3.8, 4) is 5.75 Å². The highest BCUT2D eigenvalue weighted by Gasteiger charge is 2.18. The van der Waals surface area contributed by atoms with Crippen LogP contribution in [0.4, 0.5) is 0 Å². The molecule has 104 valence electrons. The number of amides is 1. The highest BCUT2D eigenvalue weighted by atomic mass is 16.5. The maximum Gasteiger partial charge on any atom is 0.209 e. The molecule has 1 saturated heterocycles. The molecule has 5 heteroatoms. The molecule has 1 amide bonds. The molecule has 0 aromatic heterocycles. The predicted octanol–water partition coefficient (Wildman–Crippen LogP) is 0.200. The summed E-state index contributed by atoms with van der Waals surface area (Å²) >= 11 is 0. The van der Waals surface area contributed by atoms with Crippen molar-refractivity contribution in [1.82, 2.24) is 9.80 Å². The maximum absolute atomic E-state index is 10.6. The van der Waals surface area contributed by atoms with Crippen molar-refractivity contribution < 1.29 is 14.6 Å². The molecule has 1 atom stereocenters. The number of aliphatic hydroxyl groups excluding tert-OH is 1. The number of piperazine rings is 1. The number of aliphatic hydroxyl groups is 1. The first kappa shape index (κ1) is 13.8. The largest absolute Gasteiger partial charge is 0.491 e. The number of nitrogens with zero attached hydrogens (tertiary/aromatic N) is 2. The van der Waals surface area contributed by atoms with Crippen molar-refractivity contribution in [3.63, 3.8) is 0 Å². The molecule has 0 saturated carbocycles. The van der Waals surface area contributed by atoms with Gasteiger partial charge in [-0.2, -0.15) is 0 Å². The van der Waals surface area contributed by atoms with Gasteiger partial charge in [0, 0.05) is 32.7 Å². The highest BCUT2D eigenvalue weighted by molar-refractivity contribution is 5.47. The van der Waals surface area contributed by atoms with E-state index in [4.69, 9.17) is 4.74 Å². The van der Waals surface area contributed by atoms with Gasteiger partial charge < -0.3 is 14.7 Å². The zero-order valence-corrected chi connectivity index (χ0v) is 10.9. The van der Waals surface area contributed by atoms with Gasteiger partial charge in [-0.3, -0.25) is 9.69 Å². The van der Waals surface area contributed by atoms with Crippen molar-refractivity contribution in [2.24, 2.45) is 0 Å². The summed E-state index contributed by atoms with van der Waals surface area (Å²) in [4.78, 5) is 14.5. The fourth-order valence-electron chi connectivity index (χ4n) is 2.11. The molecule has 5 nitrogen and oxygen atoms in total. The van der Waals surface area contributed by atoms with Gasteiger partial charge in [0.15, 0.2) is 0 Å². The SMILES string of the molecule is O=CN1CCN(CC(O)COc2ccccc2)CC1. The van der Waals surface area contributed by atoms with E-state index in [-0.39, 0.29) is 6.61 Å². The third-order valence-corrected chi connectivity index (χ3v) is 3.21. The first-order valence-electron chi connectivity index (χ1n) is 6.55. The number of benzene rings is 1. The fourth-order valence-corrected chi connectivity index (χ4v) is 2.11. The molecule has 1 aromatic carbocycles. The highest BCUT2D eigenvalue weighted by Crippen LogP contribution is 2.09. The van der Waals surface area contributed by atoms with E-state index in [9.17, 15) is 9.90 Å². The molecule has 19 heavy (non-hydrogen) atoms. The molecule has 1 heterocycles. The van der Waals surface area contributed by atoms with Gasteiger partial charge in [-0.05, 0) is 12.1 Å². The van der Waals surface area contributed by atoms with Crippen LogP contribution in [0.3, 0.4) is 0 Å². The van der Waals surface area contributed by atoms with Gasteiger partial charge in [0.2, 0.25) is 6.41 Å². The van der Waals surface area contributed by atoms with E-state index in [2.05, 4.69) is 4.90 Å². The van der Waals surface area contributed by atoms with Crippen LogP contribution in [0.25, 0.3) is 0 Å². The predicted molar refractivity (Wildman–Crippen MR) is 72.0 cm³/mol. The Morgan fingerprint density at radius 3 is 2.53 bits per heavy atom. The lowest BCUT2D eigenvalue weighted by Crippen LogP contribution is -2.48. The third kappa shape index (κ3) is 4.54. The topological polar surface area (TPSA) is 53.0 Å². The Hall–Kier alpha value is -1.59. The molecule has 0 radical (unpaired) electrons. The molecular formula is C14H20N2O3. The number of ether oxygens (including phenoxy) is 1. The van der Waals surface area contributed by atoms with E-state index in [0.29, 0.717) is 6.54 Å². The van der Waals surface area contributed by atoms with Gasteiger partial charge in [0.25, 0.3) is 0 Å². The minimum atomic E-state index is -0.511. The number of rotatable bonds is 6. The second-order valence-electron chi connectivity index (χ2n) is 4.72. The fraction of sp³-hybridized carbons (Fsp3) is 0.500. The summed E-state index contributed by atoms with van der Waals surface area (Å²) in [6.45, 7) is 3.95. The average molecular weight is 264 g/mol. The molecule has 1 N–H and O–H groups in total. The minimum absolute atomic E-state index is 0.290. The minimum Gasteiger partial charge on any atom is -0.491 e. The number of β-amino-alcohol motifs (C(OH)–C–C–N with tert-alkyl or cyclic N) is 1. The zero-order chi connectivity index (χ0) is 13.5. The molecule has 0 spiro atoms. The Morgan fingerprint density at radius 1 is 1.21 bits per heavy atom. The Labute approximate surface area is 113 Å². The van der Waals surface area contributed by atoms with E-state index >= 15 is 0 Å². The molecule has 1 aromatic rings. The summed E-state index contributed by atoms with van der Waals surface area (Å²) in [5.41, 5.74) is 0. The number of para-hydroxylation sites is 1. The van der Waals surface area contributed by atoms with Crippen LogP contribution in [0.1, 0.15) is 0 Å². The van der Waals surface area contributed by atoms with Gasteiger partial charge in [0.05, 0.1) is 0 Å². The molecule has 1 unspecified atom stereocenters. The van der Waals surface area contributed by atoms with Crippen molar-refractivity contribution in [1.29, 1.82) is 0 Å². The summed E-state index contributed by atoms with van der Waals surface area (Å²) in [5, 5.41) is 9.94. The first-order chi connectivity index (χ1) is 9.28. The Morgan fingerprint density at radius 2 is 1.89 bits per heavy atom. The number of carbonyl (C=O) groups excluding carboxylic acids is 1. The first-order valence-corrected chi connectivity index (χ1v) is 6.55. The second-order valence-corrected chi connectivity index (χ2v) is 4.72. The molecule has 2 rings (SSSR count). The normalized spacial score (nSPS) is 18.1. The Kier molecular flexibility index (Phi) is 5.18. The number of hydrogen-bond donors (Lipinski definition) is 1. The summed E-state index contributed by atoms with van der Waals surface area (Å²) < 4.78 is 5.51.